The van der Waals surface area contributed by atoms with Crippen LogP contribution in [-0.2, 0) is 11.3 Å². The summed E-state index contributed by atoms with van der Waals surface area (Å²) >= 11 is 0. The quantitative estimate of drug-likeness (QED) is 0.642. The molecule has 1 aromatic carbocycles. The van der Waals surface area contributed by atoms with Gasteiger partial charge < -0.3 is 21.7 Å². The Morgan fingerprint density at radius 1 is 1.27 bits per heavy atom. The number of amides is 3. The number of carbonyl (C=O) groups excluding carboxylic acids is 2. The lowest BCUT2D eigenvalue weighted by Gasteiger charge is -2.22. The molecule has 0 aliphatic carbocycles. The minimum atomic E-state index is -0.594. The van der Waals surface area contributed by atoms with E-state index in [0.29, 0.717) is 24.6 Å². The average molecular weight is 304 g/mol. The zero-order chi connectivity index (χ0) is 15.8. The molecule has 5 N–H and O–H groups in total. The zero-order valence-corrected chi connectivity index (χ0v) is 12.7. The van der Waals surface area contributed by atoms with E-state index in [-0.39, 0.29) is 5.91 Å². The molecule has 2 rings (SSSR count). The third-order valence-electron chi connectivity index (χ3n) is 3.92. The van der Waals surface area contributed by atoms with Gasteiger partial charge in [-0.15, -0.1) is 0 Å². The second-order valence-corrected chi connectivity index (χ2v) is 5.70. The van der Waals surface area contributed by atoms with Crippen LogP contribution in [-0.4, -0.2) is 25.0 Å². The predicted octanol–water partition coefficient (Wildman–Crippen LogP) is 1.57. The monoisotopic (exact) mass is 304 g/mol. The molecule has 0 aromatic heterocycles. The van der Waals surface area contributed by atoms with Gasteiger partial charge in [0, 0.05) is 18.7 Å². The molecule has 0 radical (unpaired) electrons. The summed E-state index contributed by atoms with van der Waals surface area (Å²) in [6, 6.07) is 6.69. The lowest BCUT2D eigenvalue weighted by Crippen LogP contribution is -2.29. The van der Waals surface area contributed by atoms with Crippen molar-refractivity contribution in [1.29, 1.82) is 0 Å². The molecule has 1 saturated heterocycles. The molecular weight excluding hydrogens is 280 g/mol. The van der Waals surface area contributed by atoms with Crippen molar-refractivity contribution >= 4 is 17.6 Å². The molecular formula is C16H24N4O2. The summed E-state index contributed by atoms with van der Waals surface area (Å²) in [4.78, 5) is 22.7. The smallest absolute Gasteiger partial charge is 0.316 e. The number of anilines is 1. The first kappa shape index (κ1) is 16.3. The van der Waals surface area contributed by atoms with E-state index in [1.165, 1.54) is 0 Å². The van der Waals surface area contributed by atoms with E-state index in [9.17, 15) is 9.59 Å². The van der Waals surface area contributed by atoms with Gasteiger partial charge >= 0.3 is 6.03 Å². The SMILES string of the molecule is NC(=O)Nc1cccc(CNC(=O)CCC2CCNCC2)c1. The van der Waals surface area contributed by atoms with Crippen molar-refractivity contribution in [3.05, 3.63) is 29.8 Å². The van der Waals surface area contributed by atoms with E-state index in [4.69, 9.17) is 5.73 Å². The first-order chi connectivity index (χ1) is 10.6. The van der Waals surface area contributed by atoms with Gasteiger partial charge in [-0.05, 0) is 56.0 Å². The Morgan fingerprint density at radius 2 is 2.05 bits per heavy atom. The molecule has 22 heavy (non-hydrogen) atoms. The fourth-order valence-electron chi connectivity index (χ4n) is 2.70. The fourth-order valence-corrected chi connectivity index (χ4v) is 2.70. The van der Waals surface area contributed by atoms with E-state index in [1.54, 1.807) is 12.1 Å². The minimum absolute atomic E-state index is 0.0757. The van der Waals surface area contributed by atoms with Crippen LogP contribution < -0.4 is 21.7 Å². The highest BCUT2D eigenvalue weighted by atomic mass is 16.2. The molecule has 1 fully saturated rings. The van der Waals surface area contributed by atoms with Gasteiger partial charge in [0.1, 0.15) is 0 Å². The molecule has 0 unspecified atom stereocenters. The van der Waals surface area contributed by atoms with Crippen LogP contribution in [0.25, 0.3) is 0 Å². The molecule has 3 amide bonds. The number of benzene rings is 1. The van der Waals surface area contributed by atoms with E-state index in [0.717, 1.165) is 37.9 Å². The highest BCUT2D eigenvalue weighted by Gasteiger charge is 2.14. The summed E-state index contributed by atoms with van der Waals surface area (Å²) in [6.45, 7) is 2.58. The van der Waals surface area contributed by atoms with Crippen molar-refractivity contribution in [2.45, 2.75) is 32.2 Å². The summed E-state index contributed by atoms with van der Waals surface area (Å²) in [7, 11) is 0. The standard InChI is InChI=1S/C16H24N4O2/c17-16(22)20-14-3-1-2-13(10-14)11-19-15(21)5-4-12-6-8-18-9-7-12/h1-3,10,12,18H,4-9,11H2,(H,19,21)(H3,17,20,22). The second-order valence-electron chi connectivity index (χ2n) is 5.70. The summed E-state index contributed by atoms with van der Waals surface area (Å²) in [5.74, 6) is 0.738. The molecule has 1 heterocycles. The number of urea groups is 1. The van der Waals surface area contributed by atoms with Gasteiger partial charge in [0.2, 0.25) is 5.91 Å². The van der Waals surface area contributed by atoms with Crippen LogP contribution in [0.3, 0.4) is 0 Å². The molecule has 1 aromatic rings. The van der Waals surface area contributed by atoms with Crippen molar-refractivity contribution in [2.24, 2.45) is 11.7 Å². The number of rotatable bonds is 6. The maximum atomic E-state index is 11.9. The van der Waals surface area contributed by atoms with Gasteiger partial charge in [-0.2, -0.15) is 0 Å². The highest BCUT2D eigenvalue weighted by Crippen LogP contribution is 2.17. The summed E-state index contributed by atoms with van der Waals surface area (Å²) in [6.07, 6.45) is 3.85. The zero-order valence-electron chi connectivity index (χ0n) is 12.7. The molecule has 6 heteroatoms. The number of hydrogen-bond acceptors (Lipinski definition) is 3. The maximum absolute atomic E-state index is 11.9. The Kier molecular flexibility index (Phi) is 6.21. The fraction of sp³-hybridized carbons (Fsp3) is 0.500. The topological polar surface area (TPSA) is 96.2 Å². The maximum Gasteiger partial charge on any atom is 0.316 e. The molecule has 0 saturated carbocycles. The third-order valence-corrected chi connectivity index (χ3v) is 3.92. The van der Waals surface area contributed by atoms with Crippen molar-refractivity contribution in [1.82, 2.24) is 10.6 Å². The van der Waals surface area contributed by atoms with Crippen LogP contribution in [0.15, 0.2) is 24.3 Å². The molecule has 120 valence electrons. The average Bonchev–Trinajstić information content (AvgIpc) is 2.52. The predicted molar refractivity (Wildman–Crippen MR) is 86.3 cm³/mol. The highest BCUT2D eigenvalue weighted by molar-refractivity contribution is 5.87. The first-order valence-electron chi connectivity index (χ1n) is 7.76. The van der Waals surface area contributed by atoms with Gasteiger partial charge in [0.05, 0.1) is 0 Å². The van der Waals surface area contributed by atoms with E-state index < -0.39 is 6.03 Å². The lowest BCUT2D eigenvalue weighted by atomic mass is 9.93. The van der Waals surface area contributed by atoms with Crippen LogP contribution >= 0.6 is 0 Å². The number of carbonyl (C=O) groups is 2. The number of primary amides is 1. The van der Waals surface area contributed by atoms with Crippen molar-refractivity contribution in [3.63, 3.8) is 0 Å². The number of piperidine rings is 1. The Morgan fingerprint density at radius 3 is 2.77 bits per heavy atom. The van der Waals surface area contributed by atoms with Crippen molar-refractivity contribution in [2.75, 3.05) is 18.4 Å². The Hall–Kier alpha value is -2.08. The summed E-state index contributed by atoms with van der Waals surface area (Å²) < 4.78 is 0. The van der Waals surface area contributed by atoms with Crippen LogP contribution in [0.2, 0.25) is 0 Å². The number of hydrogen-bond donors (Lipinski definition) is 4. The molecule has 0 spiro atoms. The minimum Gasteiger partial charge on any atom is -0.352 e. The Balaban J connectivity index is 1.72. The molecule has 0 atom stereocenters. The molecule has 1 aliphatic rings. The molecule has 1 aliphatic heterocycles. The van der Waals surface area contributed by atoms with E-state index >= 15 is 0 Å². The first-order valence-corrected chi connectivity index (χ1v) is 7.76. The van der Waals surface area contributed by atoms with Gasteiger partial charge in [0.25, 0.3) is 0 Å². The number of nitrogens with one attached hydrogen (secondary N) is 3. The van der Waals surface area contributed by atoms with Crippen molar-refractivity contribution < 1.29 is 9.59 Å². The second kappa shape index (κ2) is 8.38. The van der Waals surface area contributed by atoms with Crippen LogP contribution in [0.1, 0.15) is 31.2 Å². The van der Waals surface area contributed by atoms with Crippen LogP contribution in [0, 0.1) is 5.92 Å². The van der Waals surface area contributed by atoms with Gasteiger partial charge in [-0.3, -0.25) is 4.79 Å². The molecule has 0 bridgehead atoms. The Bertz CT molecular complexity index is 513. The van der Waals surface area contributed by atoms with Gasteiger partial charge in [-0.1, -0.05) is 12.1 Å². The third kappa shape index (κ3) is 5.73. The van der Waals surface area contributed by atoms with Gasteiger partial charge in [-0.25, -0.2) is 4.79 Å². The summed E-state index contributed by atoms with van der Waals surface area (Å²) in [5.41, 5.74) is 6.65. The Labute approximate surface area is 130 Å². The van der Waals surface area contributed by atoms with Crippen LogP contribution in [0.4, 0.5) is 10.5 Å². The van der Waals surface area contributed by atoms with E-state index in [1.807, 2.05) is 12.1 Å². The largest absolute Gasteiger partial charge is 0.352 e. The van der Waals surface area contributed by atoms with Crippen molar-refractivity contribution in [3.8, 4) is 0 Å². The van der Waals surface area contributed by atoms with Crippen LogP contribution in [0.5, 0.6) is 0 Å². The molecule has 6 nitrogen and oxygen atoms in total. The summed E-state index contributed by atoms with van der Waals surface area (Å²) in [5, 5.41) is 8.77. The number of nitrogens with two attached hydrogens (primary N) is 1. The van der Waals surface area contributed by atoms with Gasteiger partial charge in [0.15, 0.2) is 0 Å². The lowest BCUT2D eigenvalue weighted by molar-refractivity contribution is -0.121. The normalized spacial score (nSPS) is 15.3. The van der Waals surface area contributed by atoms with E-state index in [2.05, 4.69) is 16.0 Å².